The molecule has 0 aliphatic carbocycles. The molecule has 142 valence electrons. The zero-order valence-corrected chi connectivity index (χ0v) is 18.2. The quantitative estimate of drug-likeness (QED) is 0.624. The van der Waals surface area contributed by atoms with Gasteiger partial charge in [-0.2, -0.15) is 4.99 Å². The van der Waals surface area contributed by atoms with Gasteiger partial charge in [-0.05, 0) is 37.1 Å². The van der Waals surface area contributed by atoms with Crippen LogP contribution in [0.1, 0.15) is 38.2 Å². The van der Waals surface area contributed by atoms with Gasteiger partial charge >= 0.3 is 0 Å². The molecule has 3 rings (SSSR count). The molecule has 0 bridgehead atoms. The van der Waals surface area contributed by atoms with Crippen LogP contribution >= 0.6 is 27.7 Å². The van der Waals surface area contributed by atoms with Crippen LogP contribution in [0.5, 0.6) is 0 Å². The van der Waals surface area contributed by atoms with Crippen molar-refractivity contribution in [3.05, 3.63) is 28.2 Å². The molecule has 2 aliphatic rings. The van der Waals surface area contributed by atoms with Gasteiger partial charge < -0.3 is 4.90 Å². The van der Waals surface area contributed by atoms with E-state index in [0.29, 0.717) is 11.6 Å². The number of anilines is 1. The summed E-state index contributed by atoms with van der Waals surface area (Å²) in [6.07, 6.45) is 3.36. The lowest BCUT2D eigenvalue weighted by Crippen LogP contribution is -2.37. The molecule has 0 saturated carbocycles. The Labute approximate surface area is 167 Å². The summed E-state index contributed by atoms with van der Waals surface area (Å²) in [6, 6.07) is 5.75. The van der Waals surface area contributed by atoms with E-state index in [4.69, 9.17) is 0 Å². The Morgan fingerprint density at radius 2 is 2.12 bits per heavy atom. The lowest BCUT2D eigenvalue weighted by atomic mass is 10.1. The standard InChI is InChI=1S/C18H23BrN2O3S2/c1-3-4-5-6-17(22)20-18-21(13-7-8-14(19)12(2)9-13)15-10-26(23,24)11-16(15)25-18/h7-9,15-16H,3-6,10-11H2,1-2H3/t15-,16+/m0/s1. The molecule has 0 spiro atoms. The van der Waals surface area contributed by atoms with Crippen LogP contribution < -0.4 is 4.90 Å². The second-order valence-electron chi connectivity index (χ2n) is 6.85. The van der Waals surface area contributed by atoms with E-state index >= 15 is 0 Å². The van der Waals surface area contributed by atoms with Crippen molar-refractivity contribution in [3.63, 3.8) is 0 Å². The summed E-state index contributed by atoms with van der Waals surface area (Å²) in [7, 11) is -3.05. The Bertz CT molecular complexity index is 839. The largest absolute Gasteiger partial charge is 0.316 e. The molecule has 2 heterocycles. The van der Waals surface area contributed by atoms with E-state index in [-0.39, 0.29) is 28.7 Å². The summed E-state index contributed by atoms with van der Waals surface area (Å²) in [6.45, 7) is 4.09. The van der Waals surface area contributed by atoms with E-state index in [1.165, 1.54) is 11.8 Å². The molecule has 1 aromatic rings. The van der Waals surface area contributed by atoms with Gasteiger partial charge in [0.15, 0.2) is 15.0 Å². The van der Waals surface area contributed by atoms with Crippen LogP contribution in [0.25, 0.3) is 0 Å². The SMILES string of the molecule is CCCCCC(=O)N=C1S[C@@H]2CS(=O)(=O)C[C@@H]2N1c1ccc(Br)c(C)c1. The highest BCUT2D eigenvalue weighted by Gasteiger charge is 2.49. The van der Waals surface area contributed by atoms with Gasteiger partial charge in [0.1, 0.15) is 0 Å². The molecular weight excluding hydrogens is 436 g/mol. The molecule has 8 heteroatoms. The molecule has 2 atom stereocenters. The van der Waals surface area contributed by atoms with Gasteiger partial charge in [0.2, 0.25) is 5.91 Å². The normalized spacial score (nSPS) is 25.7. The van der Waals surface area contributed by atoms with E-state index in [1.807, 2.05) is 30.0 Å². The highest BCUT2D eigenvalue weighted by Crippen LogP contribution is 2.41. The minimum Gasteiger partial charge on any atom is -0.316 e. The fraction of sp³-hybridized carbons (Fsp3) is 0.556. The van der Waals surface area contributed by atoms with Gasteiger partial charge in [0.05, 0.1) is 17.5 Å². The fourth-order valence-corrected chi connectivity index (χ4v) is 7.51. The van der Waals surface area contributed by atoms with E-state index in [1.54, 1.807) is 0 Å². The maximum absolute atomic E-state index is 12.3. The van der Waals surface area contributed by atoms with Crippen molar-refractivity contribution in [2.75, 3.05) is 16.4 Å². The van der Waals surface area contributed by atoms with Crippen molar-refractivity contribution in [2.24, 2.45) is 4.99 Å². The third-order valence-corrected chi connectivity index (χ3v) is 8.80. The molecule has 5 nitrogen and oxygen atoms in total. The maximum Gasteiger partial charge on any atom is 0.248 e. The summed E-state index contributed by atoms with van der Waals surface area (Å²) >= 11 is 4.93. The van der Waals surface area contributed by atoms with Crippen LogP contribution in [0, 0.1) is 6.92 Å². The number of aryl methyl sites for hydroxylation is 1. The second-order valence-corrected chi connectivity index (χ2v) is 11.1. The predicted octanol–water partition coefficient (Wildman–Crippen LogP) is 3.94. The topological polar surface area (TPSA) is 66.8 Å². The number of hydrogen-bond acceptors (Lipinski definition) is 4. The van der Waals surface area contributed by atoms with Gasteiger partial charge in [-0.1, -0.05) is 47.5 Å². The zero-order valence-electron chi connectivity index (χ0n) is 14.9. The number of fused-ring (bicyclic) bond motifs is 1. The first-order valence-electron chi connectivity index (χ1n) is 8.84. The van der Waals surface area contributed by atoms with Gasteiger partial charge in [-0.15, -0.1) is 0 Å². The number of sulfone groups is 1. The molecule has 0 radical (unpaired) electrons. The number of halogens is 1. The fourth-order valence-electron chi connectivity index (χ4n) is 3.33. The van der Waals surface area contributed by atoms with Crippen LogP contribution in [0.15, 0.2) is 27.7 Å². The lowest BCUT2D eigenvalue weighted by molar-refractivity contribution is -0.117. The van der Waals surface area contributed by atoms with Crippen molar-refractivity contribution in [1.82, 2.24) is 0 Å². The number of benzene rings is 1. The van der Waals surface area contributed by atoms with Gasteiger partial charge in [-0.3, -0.25) is 4.79 Å². The van der Waals surface area contributed by atoms with Crippen LogP contribution in [-0.2, 0) is 14.6 Å². The highest BCUT2D eigenvalue weighted by atomic mass is 79.9. The molecule has 26 heavy (non-hydrogen) atoms. The predicted molar refractivity (Wildman–Crippen MR) is 112 cm³/mol. The number of carbonyl (C=O) groups excluding carboxylic acids is 1. The van der Waals surface area contributed by atoms with Crippen LogP contribution in [0.2, 0.25) is 0 Å². The van der Waals surface area contributed by atoms with Gasteiger partial charge in [0, 0.05) is 21.8 Å². The Balaban J connectivity index is 1.90. The first-order valence-corrected chi connectivity index (χ1v) is 12.3. The first kappa shape index (κ1) is 19.9. The number of nitrogens with zero attached hydrogens (tertiary/aromatic N) is 2. The molecule has 0 N–H and O–H groups in total. The van der Waals surface area contributed by atoms with Crippen molar-refractivity contribution < 1.29 is 13.2 Å². The lowest BCUT2D eigenvalue weighted by Gasteiger charge is -2.25. The van der Waals surface area contributed by atoms with E-state index in [0.717, 1.165) is 35.0 Å². The Hall–Kier alpha value is -0.860. The molecule has 0 aromatic heterocycles. The van der Waals surface area contributed by atoms with Crippen molar-refractivity contribution in [1.29, 1.82) is 0 Å². The molecular formula is C18H23BrN2O3S2. The van der Waals surface area contributed by atoms with E-state index in [2.05, 4.69) is 27.8 Å². The number of rotatable bonds is 5. The average Bonchev–Trinajstić information content (AvgIpc) is 3.01. The number of unbranched alkanes of at least 4 members (excludes halogenated alkanes) is 2. The van der Waals surface area contributed by atoms with Crippen molar-refractivity contribution >= 4 is 54.3 Å². The molecule has 1 aromatic carbocycles. The Morgan fingerprint density at radius 3 is 2.81 bits per heavy atom. The minimum atomic E-state index is -3.05. The number of aliphatic imine (C=N–C) groups is 1. The van der Waals surface area contributed by atoms with Gasteiger partial charge in [-0.25, -0.2) is 8.42 Å². The van der Waals surface area contributed by atoms with E-state index in [9.17, 15) is 13.2 Å². The highest BCUT2D eigenvalue weighted by molar-refractivity contribution is 9.10. The van der Waals surface area contributed by atoms with Crippen molar-refractivity contribution in [3.8, 4) is 0 Å². The number of amides is 1. The zero-order chi connectivity index (χ0) is 18.9. The average molecular weight is 459 g/mol. The number of carbonyl (C=O) groups is 1. The number of amidine groups is 1. The third-order valence-electron chi connectivity index (χ3n) is 4.70. The molecule has 1 amide bonds. The van der Waals surface area contributed by atoms with Crippen LogP contribution in [-0.4, -0.2) is 42.3 Å². The molecule has 2 saturated heterocycles. The Morgan fingerprint density at radius 1 is 1.35 bits per heavy atom. The molecule has 2 aliphatic heterocycles. The number of thioether (sulfide) groups is 1. The van der Waals surface area contributed by atoms with Gasteiger partial charge in [0.25, 0.3) is 0 Å². The van der Waals surface area contributed by atoms with Crippen LogP contribution in [0.3, 0.4) is 0 Å². The smallest absolute Gasteiger partial charge is 0.248 e. The van der Waals surface area contributed by atoms with Crippen molar-refractivity contribution in [2.45, 2.75) is 50.8 Å². The van der Waals surface area contributed by atoms with E-state index < -0.39 is 9.84 Å². The number of hydrogen-bond donors (Lipinski definition) is 0. The summed E-state index contributed by atoms with van der Waals surface area (Å²) in [4.78, 5) is 18.6. The first-order chi connectivity index (χ1) is 12.3. The summed E-state index contributed by atoms with van der Waals surface area (Å²) in [5, 5.41) is 0.573. The molecule has 0 unspecified atom stereocenters. The Kier molecular flexibility index (Phi) is 6.14. The molecule has 2 fully saturated rings. The summed E-state index contributed by atoms with van der Waals surface area (Å²) in [5.74, 6) is 0.142. The monoisotopic (exact) mass is 458 g/mol. The maximum atomic E-state index is 12.3. The third kappa shape index (κ3) is 4.34. The summed E-state index contributed by atoms with van der Waals surface area (Å²) in [5.41, 5.74) is 1.95. The summed E-state index contributed by atoms with van der Waals surface area (Å²) < 4.78 is 25.2. The van der Waals surface area contributed by atoms with Crippen LogP contribution in [0.4, 0.5) is 5.69 Å². The second kappa shape index (κ2) is 8.02. The minimum absolute atomic E-state index is 0.0638.